The lowest BCUT2D eigenvalue weighted by atomic mass is 10.0. The largest absolute Gasteiger partial charge is 0.313 e. The third kappa shape index (κ3) is 3.66. The Kier molecular flexibility index (Phi) is 5.88. The molecule has 2 N–H and O–H groups in total. The van der Waals surface area contributed by atoms with Crippen LogP contribution >= 0.6 is 12.4 Å². The molecule has 0 spiro atoms. The summed E-state index contributed by atoms with van der Waals surface area (Å²) >= 11 is 0. The van der Waals surface area contributed by atoms with E-state index in [1.165, 1.54) is 0 Å². The second-order valence-corrected chi connectivity index (χ2v) is 6.31. The van der Waals surface area contributed by atoms with Crippen molar-refractivity contribution in [2.24, 2.45) is 0 Å². The van der Waals surface area contributed by atoms with Gasteiger partial charge in [0.05, 0.1) is 0 Å². The number of rotatable bonds is 3. The molecule has 0 bridgehead atoms. The molecule has 0 radical (unpaired) electrons. The van der Waals surface area contributed by atoms with E-state index in [0.717, 1.165) is 31.2 Å². The molecule has 2 atom stereocenters. The van der Waals surface area contributed by atoms with Crippen LogP contribution in [0.4, 0.5) is 8.78 Å². The van der Waals surface area contributed by atoms with Crippen molar-refractivity contribution in [3.8, 4) is 0 Å². The van der Waals surface area contributed by atoms with Crippen molar-refractivity contribution < 1.29 is 17.2 Å². The maximum atomic E-state index is 13.5. The van der Waals surface area contributed by atoms with Crippen LogP contribution in [-0.4, -0.2) is 27.0 Å². The maximum Gasteiger partial charge on any atom is 0.246 e. The molecule has 8 heteroatoms. The lowest BCUT2D eigenvalue weighted by molar-refractivity contribution is 0.348. The summed E-state index contributed by atoms with van der Waals surface area (Å²) in [6, 6.07) is 2.56. The summed E-state index contributed by atoms with van der Waals surface area (Å²) in [6.07, 6.45) is 1.46. The van der Waals surface area contributed by atoms with Crippen molar-refractivity contribution in [2.45, 2.75) is 36.7 Å². The first-order valence-electron chi connectivity index (χ1n) is 6.11. The number of hydrogen-bond donors (Lipinski definition) is 2. The zero-order chi connectivity index (χ0) is 14.0. The molecule has 1 fully saturated rings. The monoisotopic (exact) mass is 326 g/mol. The van der Waals surface area contributed by atoms with Crippen LogP contribution < -0.4 is 10.0 Å². The topological polar surface area (TPSA) is 58.2 Å². The van der Waals surface area contributed by atoms with E-state index >= 15 is 0 Å². The molecule has 0 amide bonds. The van der Waals surface area contributed by atoms with E-state index in [1.807, 2.05) is 6.92 Å². The van der Waals surface area contributed by atoms with E-state index in [2.05, 4.69) is 10.0 Å². The highest BCUT2D eigenvalue weighted by Crippen LogP contribution is 2.20. The fraction of sp³-hybridized carbons (Fsp3) is 0.500. The van der Waals surface area contributed by atoms with E-state index in [0.29, 0.717) is 6.42 Å². The lowest BCUT2D eigenvalue weighted by Gasteiger charge is -2.30. The molecule has 0 aliphatic carbocycles. The van der Waals surface area contributed by atoms with Gasteiger partial charge in [0.15, 0.2) is 4.90 Å². The number of piperidine rings is 1. The summed E-state index contributed by atoms with van der Waals surface area (Å²) < 4.78 is 53.6. The van der Waals surface area contributed by atoms with Crippen molar-refractivity contribution in [1.29, 1.82) is 0 Å². The Morgan fingerprint density at radius 2 is 1.90 bits per heavy atom. The molecule has 1 aliphatic rings. The molecule has 2 unspecified atom stereocenters. The Labute approximate surface area is 123 Å². The quantitative estimate of drug-likeness (QED) is 0.890. The van der Waals surface area contributed by atoms with E-state index < -0.39 is 26.6 Å². The minimum atomic E-state index is -4.19. The minimum Gasteiger partial charge on any atom is -0.313 e. The normalized spacial score (nSPS) is 23.1. The van der Waals surface area contributed by atoms with Crippen molar-refractivity contribution in [1.82, 2.24) is 10.0 Å². The third-order valence-electron chi connectivity index (χ3n) is 3.26. The average Bonchev–Trinajstić information content (AvgIpc) is 2.31. The van der Waals surface area contributed by atoms with Gasteiger partial charge in [-0.25, -0.2) is 21.9 Å². The van der Waals surface area contributed by atoms with Gasteiger partial charge in [0, 0.05) is 12.1 Å². The molecule has 20 heavy (non-hydrogen) atoms. The molecule has 4 nitrogen and oxygen atoms in total. The van der Waals surface area contributed by atoms with Gasteiger partial charge in [-0.1, -0.05) is 6.07 Å². The van der Waals surface area contributed by atoms with Gasteiger partial charge in [-0.15, -0.1) is 12.4 Å². The number of nitrogens with one attached hydrogen (secondary N) is 2. The Bertz CT molecular complexity index is 548. The number of benzene rings is 1. The summed E-state index contributed by atoms with van der Waals surface area (Å²) in [6.45, 7) is 2.65. The molecule has 1 aromatic rings. The van der Waals surface area contributed by atoms with Gasteiger partial charge in [0.25, 0.3) is 0 Å². The van der Waals surface area contributed by atoms with E-state index in [1.54, 1.807) is 0 Å². The molecule has 114 valence electrons. The molecule has 1 aromatic carbocycles. The van der Waals surface area contributed by atoms with Gasteiger partial charge in [0.2, 0.25) is 10.0 Å². The van der Waals surface area contributed by atoms with Crippen molar-refractivity contribution >= 4 is 22.4 Å². The second-order valence-electron chi connectivity index (χ2n) is 4.66. The summed E-state index contributed by atoms with van der Waals surface area (Å²) in [7, 11) is -4.19. The Morgan fingerprint density at radius 1 is 1.30 bits per heavy atom. The number of halogens is 3. The van der Waals surface area contributed by atoms with Crippen molar-refractivity contribution in [3.63, 3.8) is 0 Å². The highest BCUT2D eigenvalue weighted by atomic mass is 35.5. The summed E-state index contributed by atoms with van der Waals surface area (Å²) in [5.74, 6) is -2.16. The smallest absolute Gasteiger partial charge is 0.246 e. The van der Waals surface area contributed by atoms with E-state index in [4.69, 9.17) is 0 Å². The Morgan fingerprint density at radius 3 is 2.45 bits per heavy atom. The molecule has 0 aromatic heterocycles. The van der Waals surface area contributed by atoms with Gasteiger partial charge in [-0.3, -0.25) is 0 Å². The van der Waals surface area contributed by atoms with Crippen LogP contribution in [0.5, 0.6) is 0 Å². The molecular formula is C12H17ClF2N2O2S. The predicted octanol–water partition coefficient (Wildman–Crippen LogP) is 1.81. The average molecular weight is 327 g/mol. The van der Waals surface area contributed by atoms with Crippen LogP contribution in [0.3, 0.4) is 0 Å². The van der Waals surface area contributed by atoms with Crippen LogP contribution in [0.1, 0.15) is 19.8 Å². The summed E-state index contributed by atoms with van der Waals surface area (Å²) in [5, 5.41) is 3.12. The molecular weight excluding hydrogens is 310 g/mol. The fourth-order valence-electron chi connectivity index (χ4n) is 2.20. The van der Waals surface area contributed by atoms with Crippen LogP contribution in [0.2, 0.25) is 0 Å². The van der Waals surface area contributed by atoms with Gasteiger partial charge < -0.3 is 5.32 Å². The lowest BCUT2D eigenvalue weighted by Crippen LogP contribution is -2.52. The van der Waals surface area contributed by atoms with Gasteiger partial charge >= 0.3 is 0 Å². The van der Waals surface area contributed by atoms with Crippen LogP contribution in [0.25, 0.3) is 0 Å². The predicted molar refractivity (Wildman–Crippen MR) is 74.4 cm³/mol. The van der Waals surface area contributed by atoms with Crippen LogP contribution in [0, 0.1) is 11.6 Å². The van der Waals surface area contributed by atoms with Gasteiger partial charge in [-0.05, 0) is 38.4 Å². The van der Waals surface area contributed by atoms with Crippen LogP contribution in [-0.2, 0) is 10.0 Å². The zero-order valence-electron chi connectivity index (χ0n) is 10.9. The molecule has 0 saturated carbocycles. The first kappa shape index (κ1) is 17.3. The summed E-state index contributed by atoms with van der Waals surface area (Å²) in [5.41, 5.74) is 0. The summed E-state index contributed by atoms with van der Waals surface area (Å²) in [4.78, 5) is -0.909. The number of sulfonamides is 1. The standard InChI is InChI=1S/C12H16F2N2O2S.ClH/c1-8-11(6-3-7-15-8)16-19(17,18)12-9(13)4-2-5-10(12)14;/h2,4-5,8,11,15-16H,3,6-7H2,1H3;1H. The second kappa shape index (κ2) is 6.80. The molecule has 1 saturated heterocycles. The zero-order valence-corrected chi connectivity index (χ0v) is 12.5. The molecule has 1 heterocycles. The van der Waals surface area contributed by atoms with Crippen molar-refractivity contribution in [3.05, 3.63) is 29.8 Å². The van der Waals surface area contributed by atoms with Crippen molar-refractivity contribution in [2.75, 3.05) is 6.54 Å². The number of hydrogen-bond acceptors (Lipinski definition) is 3. The van der Waals surface area contributed by atoms with E-state index in [-0.39, 0.29) is 24.5 Å². The van der Waals surface area contributed by atoms with E-state index in [9.17, 15) is 17.2 Å². The Hall–Kier alpha value is -0.760. The van der Waals surface area contributed by atoms with Gasteiger partial charge in [0.1, 0.15) is 11.6 Å². The Balaban J connectivity index is 0.00000200. The molecule has 2 rings (SSSR count). The molecule has 1 aliphatic heterocycles. The maximum absolute atomic E-state index is 13.5. The highest BCUT2D eigenvalue weighted by molar-refractivity contribution is 7.89. The third-order valence-corrected chi connectivity index (χ3v) is 4.80. The minimum absolute atomic E-state index is 0. The fourth-order valence-corrected chi connectivity index (χ4v) is 3.69. The first-order chi connectivity index (χ1) is 8.92. The first-order valence-corrected chi connectivity index (χ1v) is 7.60. The van der Waals surface area contributed by atoms with Crippen LogP contribution in [0.15, 0.2) is 23.1 Å². The SMILES string of the molecule is CC1NCCCC1NS(=O)(=O)c1c(F)cccc1F.Cl. The van der Waals surface area contributed by atoms with Gasteiger partial charge in [-0.2, -0.15) is 0 Å². The highest BCUT2D eigenvalue weighted by Gasteiger charge is 2.30.